The van der Waals surface area contributed by atoms with Crippen LogP contribution in [0.1, 0.15) is 11.1 Å². The maximum Gasteiger partial charge on any atom is 0.430 e. The molecular formula is C23H17F6N3S. The van der Waals surface area contributed by atoms with Crippen LogP contribution in [-0.2, 0) is 6.18 Å². The summed E-state index contributed by atoms with van der Waals surface area (Å²) >= 11 is 1.55. The normalized spacial score (nSPS) is 13.3. The molecule has 3 aromatic rings. The Bertz CT molecular complexity index is 1180. The van der Waals surface area contributed by atoms with E-state index in [2.05, 4.69) is 9.98 Å². The summed E-state index contributed by atoms with van der Waals surface area (Å²) < 4.78 is 79.1. The second-order valence-corrected chi connectivity index (χ2v) is 7.66. The quantitative estimate of drug-likeness (QED) is 0.242. The molecule has 0 amide bonds. The monoisotopic (exact) mass is 481 g/mol. The van der Waals surface area contributed by atoms with Crippen LogP contribution in [0.15, 0.2) is 88.5 Å². The summed E-state index contributed by atoms with van der Waals surface area (Å²) in [6.45, 7) is 0. The van der Waals surface area contributed by atoms with E-state index in [1.165, 1.54) is 12.1 Å². The summed E-state index contributed by atoms with van der Waals surface area (Å²) in [7, 11) is 0. The van der Waals surface area contributed by atoms with Gasteiger partial charge in [-0.25, -0.2) is 9.98 Å². The number of pyridine rings is 1. The second-order valence-electron chi connectivity index (χ2n) is 6.78. The van der Waals surface area contributed by atoms with Crippen molar-refractivity contribution in [3.63, 3.8) is 0 Å². The van der Waals surface area contributed by atoms with Crippen LogP contribution in [0.3, 0.4) is 0 Å². The summed E-state index contributed by atoms with van der Waals surface area (Å²) in [5.41, 5.74) is 3.85. The molecule has 0 aliphatic heterocycles. The zero-order valence-electron chi connectivity index (χ0n) is 17.1. The van der Waals surface area contributed by atoms with E-state index in [9.17, 15) is 26.3 Å². The number of alkyl halides is 6. The van der Waals surface area contributed by atoms with E-state index in [-0.39, 0.29) is 5.56 Å². The predicted molar refractivity (Wildman–Crippen MR) is 117 cm³/mol. The van der Waals surface area contributed by atoms with Crippen molar-refractivity contribution in [3.8, 4) is 11.1 Å². The Kier molecular flexibility index (Phi) is 7.16. The van der Waals surface area contributed by atoms with E-state index in [0.717, 1.165) is 34.4 Å². The number of hydrogen-bond acceptors (Lipinski definition) is 4. The number of nitrogens with zero attached hydrogens (tertiary/aromatic N) is 2. The Hall–Kier alpha value is -3.27. The van der Waals surface area contributed by atoms with Gasteiger partial charge >= 0.3 is 12.4 Å². The number of benzene rings is 2. The van der Waals surface area contributed by atoms with Gasteiger partial charge in [-0.2, -0.15) is 26.3 Å². The summed E-state index contributed by atoms with van der Waals surface area (Å²) in [6, 6.07) is 15.7. The number of hydrogen-bond donors (Lipinski definition) is 1. The lowest BCUT2D eigenvalue weighted by atomic mass is 10.0. The van der Waals surface area contributed by atoms with Gasteiger partial charge in [0.1, 0.15) is 11.3 Å². The van der Waals surface area contributed by atoms with Crippen LogP contribution < -0.4 is 5.73 Å². The van der Waals surface area contributed by atoms with E-state index in [1.807, 2.05) is 30.5 Å². The largest absolute Gasteiger partial charge is 0.430 e. The van der Waals surface area contributed by atoms with Crippen molar-refractivity contribution in [2.75, 3.05) is 6.26 Å². The summed E-state index contributed by atoms with van der Waals surface area (Å²) in [6.07, 6.45) is -6.17. The van der Waals surface area contributed by atoms with Gasteiger partial charge in [0.25, 0.3) is 0 Å². The van der Waals surface area contributed by atoms with Crippen LogP contribution in [0, 0.1) is 0 Å². The number of rotatable bonds is 5. The Morgan fingerprint density at radius 1 is 0.939 bits per heavy atom. The van der Waals surface area contributed by atoms with Gasteiger partial charge in [0, 0.05) is 16.7 Å². The third-order valence-electron chi connectivity index (χ3n) is 4.52. The van der Waals surface area contributed by atoms with Crippen LogP contribution >= 0.6 is 11.8 Å². The highest BCUT2D eigenvalue weighted by molar-refractivity contribution is 7.98. The highest BCUT2D eigenvalue weighted by Gasteiger charge is 2.35. The van der Waals surface area contributed by atoms with E-state index < -0.39 is 35.1 Å². The number of thioether (sulfide) groups is 1. The highest BCUT2D eigenvalue weighted by atomic mass is 32.2. The molecular weight excluding hydrogens is 464 g/mol. The molecule has 0 aliphatic rings. The Morgan fingerprint density at radius 2 is 1.64 bits per heavy atom. The smallest absolute Gasteiger partial charge is 0.395 e. The minimum absolute atomic E-state index is 0.144. The fourth-order valence-electron chi connectivity index (χ4n) is 2.87. The molecule has 0 fully saturated rings. The van der Waals surface area contributed by atoms with Crippen LogP contribution in [-0.4, -0.2) is 23.1 Å². The molecule has 3 nitrogen and oxygen atoms in total. The van der Waals surface area contributed by atoms with Crippen molar-refractivity contribution in [1.82, 2.24) is 4.98 Å². The molecule has 0 aliphatic carbocycles. The summed E-state index contributed by atoms with van der Waals surface area (Å²) in [4.78, 5) is 8.43. The van der Waals surface area contributed by atoms with Gasteiger partial charge in [-0.3, -0.25) is 0 Å². The average molecular weight is 481 g/mol. The van der Waals surface area contributed by atoms with Gasteiger partial charge in [-0.15, -0.1) is 11.8 Å². The first-order valence-electron chi connectivity index (χ1n) is 9.39. The molecule has 3 rings (SSSR count). The maximum atomic E-state index is 13.3. The molecule has 172 valence electrons. The van der Waals surface area contributed by atoms with Crippen LogP contribution in [0.5, 0.6) is 0 Å². The fraction of sp³-hybridized carbons (Fsp3) is 0.130. The highest BCUT2D eigenvalue weighted by Crippen LogP contribution is 2.35. The molecule has 2 N–H and O–H groups in total. The van der Waals surface area contributed by atoms with E-state index in [0.29, 0.717) is 6.08 Å². The summed E-state index contributed by atoms with van der Waals surface area (Å²) in [5, 5.41) is 0. The lowest BCUT2D eigenvalue weighted by Gasteiger charge is -2.12. The van der Waals surface area contributed by atoms with E-state index >= 15 is 0 Å². The van der Waals surface area contributed by atoms with Crippen molar-refractivity contribution in [3.05, 3.63) is 89.8 Å². The summed E-state index contributed by atoms with van der Waals surface area (Å²) in [5.74, 6) is -0.761. The molecule has 0 radical (unpaired) electrons. The Balaban J connectivity index is 2.11. The first-order valence-corrected chi connectivity index (χ1v) is 10.6. The van der Waals surface area contributed by atoms with Crippen molar-refractivity contribution < 1.29 is 26.3 Å². The molecule has 0 bridgehead atoms. The topological polar surface area (TPSA) is 51.3 Å². The van der Waals surface area contributed by atoms with Crippen LogP contribution in [0.4, 0.5) is 32.2 Å². The zero-order chi connectivity index (χ0) is 24.2. The number of allylic oxidation sites excluding steroid dienone is 2. The fourth-order valence-corrected chi connectivity index (χ4v) is 3.33. The molecule has 1 heterocycles. The van der Waals surface area contributed by atoms with Crippen LogP contribution in [0.2, 0.25) is 0 Å². The number of halogens is 6. The van der Waals surface area contributed by atoms with Crippen LogP contribution in [0.25, 0.3) is 11.1 Å². The van der Waals surface area contributed by atoms with Crippen molar-refractivity contribution in [1.29, 1.82) is 0 Å². The molecule has 2 aromatic carbocycles. The third-order valence-corrected chi connectivity index (χ3v) is 5.25. The minimum atomic E-state index is -4.88. The van der Waals surface area contributed by atoms with Gasteiger partial charge in [0.15, 0.2) is 5.82 Å². The molecule has 0 unspecified atom stereocenters. The molecule has 0 spiro atoms. The molecule has 0 saturated carbocycles. The standard InChI is InChI=1S/C23H17F6N3S/c1-33-17-5-2-4-16(12-17)14-7-9-15(10-8-14)19(13-20(30)23(27,28)29)32-21-18(22(24,25)26)6-3-11-31-21/h2-13H,30H2,1H3. The molecule has 10 heteroatoms. The first kappa shape index (κ1) is 24.4. The predicted octanol–water partition coefficient (Wildman–Crippen LogP) is 7.02. The average Bonchev–Trinajstić information content (AvgIpc) is 2.78. The van der Waals surface area contributed by atoms with Crippen molar-refractivity contribution >= 4 is 23.3 Å². The van der Waals surface area contributed by atoms with Gasteiger partial charge in [0.2, 0.25) is 0 Å². The molecule has 1 aromatic heterocycles. The zero-order valence-corrected chi connectivity index (χ0v) is 17.9. The third kappa shape index (κ3) is 6.16. The lowest BCUT2D eigenvalue weighted by molar-refractivity contribution is -0.137. The molecule has 0 saturated heterocycles. The first-order chi connectivity index (χ1) is 15.5. The van der Waals surface area contributed by atoms with Gasteiger partial charge in [0.05, 0.1) is 5.71 Å². The van der Waals surface area contributed by atoms with Crippen molar-refractivity contribution in [2.45, 2.75) is 17.2 Å². The minimum Gasteiger partial charge on any atom is -0.395 e. The van der Waals surface area contributed by atoms with E-state index in [1.54, 1.807) is 23.9 Å². The van der Waals surface area contributed by atoms with Gasteiger partial charge in [-0.05, 0) is 47.7 Å². The second kappa shape index (κ2) is 9.70. The van der Waals surface area contributed by atoms with Crippen molar-refractivity contribution in [2.24, 2.45) is 10.7 Å². The number of aromatic nitrogens is 1. The Morgan fingerprint density at radius 3 is 2.24 bits per heavy atom. The Labute approximate surface area is 190 Å². The number of aliphatic imine (C=N–C) groups is 1. The van der Waals surface area contributed by atoms with Gasteiger partial charge < -0.3 is 5.73 Å². The molecule has 33 heavy (non-hydrogen) atoms. The lowest BCUT2D eigenvalue weighted by Crippen LogP contribution is -2.21. The number of nitrogens with two attached hydrogens (primary N) is 1. The van der Waals surface area contributed by atoms with E-state index in [4.69, 9.17) is 5.73 Å². The SMILES string of the molecule is CSc1cccc(-c2ccc(C(C=C(N)C(F)(F)F)=Nc3ncccc3C(F)(F)F)cc2)c1. The molecule has 0 atom stereocenters. The van der Waals surface area contributed by atoms with Gasteiger partial charge in [-0.1, -0.05) is 36.4 Å². The maximum absolute atomic E-state index is 13.3.